The number of aryl methyl sites for hydroxylation is 1. The Balaban J connectivity index is 1.22. The number of anilines is 1. The Morgan fingerprint density at radius 2 is 1.93 bits per heavy atom. The predicted octanol–water partition coefficient (Wildman–Crippen LogP) is 4.76. The van der Waals surface area contributed by atoms with Crippen LogP contribution < -0.4 is 14.8 Å². The molecule has 29 heavy (non-hydrogen) atoms. The Hall–Kier alpha value is -2.97. The summed E-state index contributed by atoms with van der Waals surface area (Å²) < 4.78 is 12.3. The van der Waals surface area contributed by atoms with Crippen molar-refractivity contribution < 1.29 is 14.3 Å². The molecular formula is C21H17N3O3S2. The molecule has 0 fully saturated rings. The van der Waals surface area contributed by atoms with E-state index in [1.165, 1.54) is 11.3 Å². The Bertz CT molecular complexity index is 1150. The fourth-order valence-corrected chi connectivity index (χ4v) is 4.80. The molecule has 0 radical (unpaired) electrons. The van der Waals surface area contributed by atoms with Crippen LogP contribution in [0.3, 0.4) is 0 Å². The average molecular weight is 424 g/mol. The quantitative estimate of drug-likeness (QED) is 0.501. The number of para-hydroxylation sites is 1. The van der Waals surface area contributed by atoms with Crippen LogP contribution in [-0.4, -0.2) is 29.1 Å². The molecule has 1 amide bonds. The molecule has 1 aliphatic heterocycles. The molecule has 0 atom stereocenters. The highest BCUT2D eigenvalue weighted by Crippen LogP contribution is 2.35. The molecule has 0 saturated heterocycles. The van der Waals surface area contributed by atoms with Gasteiger partial charge in [0, 0.05) is 23.8 Å². The fourth-order valence-electron chi connectivity index (χ4n) is 3.10. The smallest absolute Gasteiger partial charge is 0.226 e. The van der Waals surface area contributed by atoms with Gasteiger partial charge < -0.3 is 14.8 Å². The average Bonchev–Trinajstić information content (AvgIpc) is 3.38. The second-order valence-corrected chi connectivity index (χ2v) is 8.49. The van der Waals surface area contributed by atoms with Crippen molar-refractivity contribution >= 4 is 43.9 Å². The third-order valence-electron chi connectivity index (χ3n) is 4.49. The lowest BCUT2D eigenvalue weighted by atomic mass is 10.1. The number of amides is 1. The summed E-state index contributed by atoms with van der Waals surface area (Å²) >= 11 is 3.04. The second-order valence-electron chi connectivity index (χ2n) is 6.52. The lowest BCUT2D eigenvalue weighted by Gasteiger charge is -2.18. The molecule has 1 N–H and O–H groups in total. The zero-order valence-corrected chi connectivity index (χ0v) is 17.0. The molecule has 1 aliphatic rings. The normalized spacial score (nSPS) is 12.8. The number of carbonyl (C=O) groups is 1. The highest BCUT2D eigenvalue weighted by Gasteiger charge is 2.15. The number of nitrogens with zero attached hydrogens (tertiary/aromatic N) is 2. The number of aromatic nitrogens is 2. The van der Waals surface area contributed by atoms with E-state index in [4.69, 9.17) is 9.47 Å². The summed E-state index contributed by atoms with van der Waals surface area (Å²) in [4.78, 5) is 21.4. The van der Waals surface area contributed by atoms with Crippen LogP contribution >= 0.6 is 22.7 Å². The molecule has 2 aromatic heterocycles. The number of ether oxygens (including phenoxy) is 2. The molecule has 5 rings (SSSR count). The van der Waals surface area contributed by atoms with Gasteiger partial charge in [-0.15, -0.1) is 22.7 Å². The van der Waals surface area contributed by atoms with E-state index in [0.717, 1.165) is 38.0 Å². The number of benzene rings is 2. The van der Waals surface area contributed by atoms with Gasteiger partial charge in [0.2, 0.25) is 5.91 Å². The molecule has 2 aromatic carbocycles. The van der Waals surface area contributed by atoms with Crippen LogP contribution in [0.15, 0.2) is 47.8 Å². The van der Waals surface area contributed by atoms with Crippen molar-refractivity contribution in [3.05, 3.63) is 52.9 Å². The zero-order valence-electron chi connectivity index (χ0n) is 15.4. The Morgan fingerprint density at radius 1 is 1.07 bits per heavy atom. The van der Waals surface area contributed by atoms with Crippen LogP contribution in [0.2, 0.25) is 0 Å². The first-order valence-corrected chi connectivity index (χ1v) is 10.9. The fraction of sp³-hybridized carbons (Fsp3) is 0.190. The largest absolute Gasteiger partial charge is 0.486 e. The number of hydrogen-bond donors (Lipinski definition) is 1. The first-order chi connectivity index (χ1) is 14.2. The third-order valence-corrected chi connectivity index (χ3v) is 6.35. The monoisotopic (exact) mass is 423 g/mol. The molecule has 146 valence electrons. The van der Waals surface area contributed by atoms with E-state index in [0.29, 0.717) is 31.2 Å². The van der Waals surface area contributed by atoms with Crippen molar-refractivity contribution in [2.75, 3.05) is 18.5 Å². The van der Waals surface area contributed by atoms with Gasteiger partial charge >= 0.3 is 0 Å². The van der Waals surface area contributed by atoms with Crippen LogP contribution in [0.1, 0.15) is 11.4 Å². The summed E-state index contributed by atoms with van der Waals surface area (Å²) in [5, 5.41) is 6.37. The van der Waals surface area contributed by atoms with Crippen LogP contribution in [-0.2, 0) is 11.2 Å². The van der Waals surface area contributed by atoms with E-state index in [1.807, 2.05) is 47.8 Å². The number of hydrogen-bond acceptors (Lipinski definition) is 7. The Kier molecular flexibility index (Phi) is 4.87. The SMILES string of the molecule is O=C(CCc1nc2ccccc2s1)Nc1nc(-c2ccc3c(c2)OCCO3)cs1. The lowest BCUT2D eigenvalue weighted by Crippen LogP contribution is -2.15. The molecule has 3 heterocycles. The van der Waals surface area contributed by atoms with E-state index >= 15 is 0 Å². The molecule has 0 aliphatic carbocycles. The van der Waals surface area contributed by atoms with Crippen LogP contribution in [0.4, 0.5) is 5.13 Å². The van der Waals surface area contributed by atoms with Gasteiger partial charge in [0.25, 0.3) is 0 Å². The second kappa shape index (κ2) is 7.81. The molecule has 0 saturated carbocycles. The van der Waals surface area contributed by atoms with E-state index in [-0.39, 0.29) is 5.91 Å². The van der Waals surface area contributed by atoms with Gasteiger partial charge in [0.1, 0.15) is 13.2 Å². The molecular weight excluding hydrogens is 406 g/mol. The maximum atomic E-state index is 12.3. The van der Waals surface area contributed by atoms with Gasteiger partial charge in [-0.05, 0) is 30.3 Å². The molecule has 4 aromatic rings. The Morgan fingerprint density at radius 3 is 2.83 bits per heavy atom. The number of carbonyl (C=O) groups excluding carboxylic acids is 1. The van der Waals surface area contributed by atoms with E-state index in [2.05, 4.69) is 15.3 Å². The van der Waals surface area contributed by atoms with E-state index in [9.17, 15) is 4.79 Å². The standard InChI is InChI=1S/C21H17N3O3S2/c25-19(7-8-20-22-14-3-1-2-4-18(14)29-20)24-21-23-15(12-28-21)13-5-6-16-17(11-13)27-10-9-26-16/h1-6,11-12H,7-10H2,(H,23,24,25). The summed E-state index contributed by atoms with van der Waals surface area (Å²) in [6, 6.07) is 13.8. The van der Waals surface area contributed by atoms with E-state index in [1.54, 1.807) is 11.3 Å². The van der Waals surface area contributed by atoms with Gasteiger partial charge in [-0.3, -0.25) is 4.79 Å². The minimum Gasteiger partial charge on any atom is -0.486 e. The van der Waals surface area contributed by atoms with Gasteiger partial charge in [-0.2, -0.15) is 0 Å². The number of fused-ring (bicyclic) bond motifs is 2. The number of nitrogens with one attached hydrogen (secondary N) is 1. The first-order valence-electron chi connectivity index (χ1n) is 9.24. The highest BCUT2D eigenvalue weighted by atomic mass is 32.1. The van der Waals surface area contributed by atoms with Crippen molar-refractivity contribution in [3.8, 4) is 22.8 Å². The van der Waals surface area contributed by atoms with Gasteiger partial charge in [-0.25, -0.2) is 9.97 Å². The summed E-state index contributed by atoms with van der Waals surface area (Å²) in [7, 11) is 0. The summed E-state index contributed by atoms with van der Waals surface area (Å²) in [5.41, 5.74) is 2.71. The van der Waals surface area contributed by atoms with Gasteiger partial charge in [0.15, 0.2) is 16.6 Å². The van der Waals surface area contributed by atoms with Crippen molar-refractivity contribution in [2.45, 2.75) is 12.8 Å². The van der Waals surface area contributed by atoms with Gasteiger partial charge in [0.05, 0.1) is 20.9 Å². The summed E-state index contributed by atoms with van der Waals surface area (Å²) in [6.45, 7) is 1.11. The first kappa shape index (κ1) is 18.1. The molecule has 0 bridgehead atoms. The van der Waals surface area contributed by atoms with Crippen molar-refractivity contribution in [3.63, 3.8) is 0 Å². The number of thiazole rings is 2. The maximum absolute atomic E-state index is 12.3. The van der Waals surface area contributed by atoms with Crippen LogP contribution in [0.5, 0.6) is 11.5 Å². The van der Waals surface area contributed by atoms with Crippen LogP contribution in [0.25, 0.3) is 21.5 Å². The minimum atomic E-state index is -0.0627. The highest BCUT2D eigenvalue weighted by molar-refractivity contribution is 7.18. The third kappa shape index (κ3) is 3.94. The molecule has 6 nitrogen and oxygen atoms in total. The van der Waals surface area contributed by atoms with E-state index < -0.39 is 0 Å². The predicted molar refractivity (Wildman–Crippen MR) is 115 cm³/mol. The van der Waals surface area contributed by atoms with Crippen LogP contribution in [0, 0.1) is 0 Å². The van der Waals surface area contributed by atoms with Crippen molar-refractivity contribution in [1.82, 2.24) is 9.97 Å². The summed E-state index contributed by atoms with van der Waals surface area (Å²) in [6.07, 6.45) is 0.990. The number of rotatable bonds is 5. The molecule has 8 heteroatoms. The van der Waals surface area contributed by atoms with Gasteiger partial charge in [-0.1, -0.05) is 12.1 Å². The topological polar surface area (TPSA) is 73.3 Å². The Labute approximate surface area is 175 Å². The lowest BCUT2D eigenvalue weighted by molar-refractivity contribution is -0.116. The molecule has 0 spiro atoms. The zero-order chi connectivity index (χ0) is 19.6. The minimum absolute atomic E-state index is 0.0627. The van der Waals surface area contributed by atoms with Crippen molar-refractivity contribution in [1.29, 1.82) is 0 Å². The molecule has 0 unspecified atom stereocenters. The van der Waals surface area contributed by atoms with Crippen molar-refractivity contribution in [2.24, 2.45) is 0 Å². The summed E-state index contributed by atoms with van der Waals surface area (Å²) in [5.74, 6) is 1.41. The maximum Gasteiger partial charge on any atom is 0.226 e.